The van der Waals surface area contributed by atoms with Gasteiger partial charge in [-0.3, -0.25) is 34.4 Å². The third-order valence-electron chi connectivity index (χ3n) is 15.5. The zero-order chi connectivity index (χ0) is 79.0. The van der Waals surface area contributed by atoms with Crippen molar-refractivity contribution in [2.75, 3.05) is 131 Å². The average Bonchev–Trinajstić information content (AvgIpc) is 0.815. The Morgan fingerprint density at radius 1 is 0.443 bits per heavy atom. The molecule has 596 valence electrons. The van der Waals surface area contributed by atoms with Crippen molar-refractivity contribution in [1.29, 1.82) is 0 Å². The van der Waals surface area contributed by atoms with Crippen LogP contribution in [0.5, 0.6) is 34.5 Å². The number of para-hydroxylation sites is 3. The molecule has 10 aromatic rings. The van der Waals surface area contributed by atoms with E-state index in [0.29, 0.717) is 121 Å². The Morgan fingerprint density at radius 2 is 0.861 bits per heavy atom. The number of methoxy groups -OCH3 is 1. The molecule has 0 saturated heterocycles. The fraction of sp³-hybridized carbons (Fsp3) is 0.187. The summed E-state index contributed by atoms with van der Waals surface area (Å²) < 4.78 is 36.4. The van der Waals surface area contributed by atoms with Gasteiger partial charge in [0.1, 0.15) is 38.1 Å². The van der Waals surface area contributed by atoms with E-state index in [1.165, 1.54) is 58.2 Å². The molecule has 0 spiro atoms. The topological polar surface area (TPSA) is 511 Å². The van der Waals surface area contributed by atoms with Crippen LogP contribution < -0.4 is 86.1 Å². The maximum atomic E-state index is 12.8. The van der Waals surface area contributed by atoms with Crippen molar-refractivity contribution in [3.8, 4) is 34.5 Å². The van der Waals surface area contributed by atoms with Gasteiger partial charge >= 0.3 is 41.5 Å². The van der Waals surface area contributed by atoms with Gasteiger partial charge < -0.3 is 101 Å². The van der Waals surface area contributed by atoms with Gasteiger partial charge in [-0.2, -0.15) is 0 Å². The number of hydrogen-bond acceptors (Lipinski definition) is 28. The van der Waals surface area contributed by atoms with Crippen LogP contribution in [-0.2, 0) is 14.3 Å². The normalized spacial score (nSPS) is 12.9. The summed E-state index contributed by atoms with van der Waals surface area (Å²) in [5.41, 5.74) is 8.21. The number of nitrogens with one attached hydrogen (secondary N) is 7. The number of esters is 1. The summed E-state index contributed by atoms with van der Waals surface area (Å²) >= 11 is 0. The van der Waals surface area contributed by atoms with Gasteiger partial charge in [-0.1, -0.05) is 82.9 Å². The van der Waals surface area contributed by atoms with Crippen LogP contribution in [0.2, 0.25) is 0 Å². The van der Waals surface area contributed by atoms with Crippen LogP contribution >= 0.6 is 0 Å². The number of urea groups is 3. The van der Waals surface area contributed by atoms with E-state index in [4.69, 9.17) is 34.2 Å². The van der Waals surface area contributed by atoms with Crippen LogP contribution in [0.1, 0.15) is 43.0 Å². The van der Waals surface area contributed by atoms with Crippen LogP contribution in [0, 0.1) is 30.3 Å². The van der Waals surface area contributed by atoms with Gasteiger partial charge in [-0.25, -0.2) is 34.1 Å². The third kappa shape index (κ3) is 22.8. The molecule has 0 radical (unpaired) electrons. The molecule has 0 unspecified atom stereocenters. The molecule has 0 saturated carbocycles. The van der Waals surface area contributed by atoms with Crippen LogP contribution in [-0.4, -0.2) is 159 Å². The summed E-state index contributed by atoms with van der Waals surface area (Å²) in [6, 6.07) is 50.7. The first-order valence-electron chi connectivity index (χ1n) is 33.4. The van der Waals surface area contributed by atoms with Gasteiger partial charge in [0, 0.05) is 47.0 Å². The summed E-state index contributed by atoms with van der Waals surface area (Å²) in [5, 5.41) is 50.5. The average molecular weight is 1580 g/mol. The second-order valence-electron chi connectivity index (χ2n) is 23.1. The van der Waals surface area contributed by atoms with E-state index in [1.807, 2.05) is 54.6 Å². The van der Waals surface area contributed by atoms with Crippen LogP contribution in [0.15, 0.2) is 194 Å². The Bertz CT molecular complexity index is 5160. The number of nitro groups is 3. The van der Waals surface area contributed by atoms with Gasteiger partial charge in [-0.15, -0.1) is 0 Å². The summed E-state index contributed by atoms with van der Waals surface area (Å²) in [5.74, 6) is 3.06. The lowest BCUT2D eigenvalue weighted by Gasteiger charge is -2.28. The zero-order valence-corrected chi connectivity index (χ0v) is 58.7. The smallest absolute Gasteiger partial charge is 0.366 e. The summed E-state index contributed by atoms with van der Waals surface area (Å²) in [4.78, 5) is 141. The number of benzene rings is 4. The zero-order valence-electron chi connectivity index (χ0n) is 58.7. The first-order valence-corrected chi connectivity index (χ1v) is 33.4. The molecule has 16 rings (SSSR count). The summed E-state index contributed by atoms with van der Waals surface area (Å²) in [7, 11) is 1.27. The number of amides is 9. The van der Waals surface area contributed by atoms with Crippen molar-refractivity contribution in [2.24, 2.45) is 0 Å². The van der Waals surface area contributed by atoms with Gasteiger partial charge in [0.05, 0.1) is 38.9 Å². The molecule has 115 heavy (non-hydrogen) atoms. The Labute approximate surface area is 654 Å². The standard InChI is InChI=1S/C23H20N4O5.C14H12N4O4.C14H14N4O2.C7H5N3O4.C7H7N3O3.C7H6N2O2.3CH4/c1-31-22(29)16-7-5-6-15(14-16)21(28)26-19-11-10-18-20(25-19)27(12-13-32-18)23(30)24-17-8-3-2-4-9-17;19-14(15-10-4-2-1-3-5-10)17-8-9-22-11-6-7-12(18(20)21)16-13(11)17;15-12-7-6-11-13(17-12)18(8-9-20-11)14(19)16-10-4-2-1-3-5-10;11-6-3-14-4-1-2-5(10(12)13)8-7(4)9-6;11-10(12)6-2-1-5-7(9-6)8-3-4-13-5;10-6-4-11-5-2-1-3-8-7(5)9-6;;;/h2-11,14H,12-13H2,1H3,(H,24,30)(H,25,26,28);1-7H,8-9H2,(H,15,19);1-7H,8-9H2,(H2,15,17)(H,16,19);1-2H,3H2,(H,8,9,11);1-2H,3-4H2,(H,8,9);1-3H,4H2,(H,8,9,10);3*1H4. The van der Waals surface area contributed by atoms with E-state index in [2.05, 4.69) is 71.9 Å². The van der Waals surface area contributed by atoms with Crippen LogP contribution in [0.4, 0.5) is 95.4 Å². The molecule has 0 fully saturated rings. The third-order valence-corrected chi connectivity index (χ3v) is 15.5. The molecule has 6 aliphatic rings. The number of rotatable bonds is 9. The molecule has 4 aromatic carbocycles. The second kappa shape index (κ2) is 40.5. The van der Waals surface area contributed by atoms with E-state index in [-0.39, 0.29) is 112 Å². The fourth-order valence-corrected chi connectivity index (χ4v) is 10.4. The lowest BCUT2D eigenvalue weighted by Crippen LogP contribution is -2.41. The van der Waals surface area contributed by atoms with Gasteiger partial charge in [0.15, 0.2) is 65.2 Å². The molecular formula is C75H76N20O20. The van der Waals surface area contributed by atoms with Crippen molar-refractivity contribution >= 4 is 123 Å². The number of carbonyl (C=O) groups is 7. The van der Waals surface area contributed by atoms with Crippen molar-refractivity contribution in [3.63, 3.8) is 0 Å². The molecule has 40 nitrogen and oxygen atoms in total. The van der Waals surface area contributed by atoms with E-state index < -0.39 is 32.7 Å². The molecular weight excluding hydrogens is 1500 g/mol. The Kier molecular flexibility index (Phi) is 29.8. The van der Waals surface area contributed by atoms with Gasteiger partial charge in [0.25, 0.3) is 35.2 Å². The Balaban J connectivity index is 0.000000178. The SMILES string of the molecule is C.C.C.COC(=O)c1cccc(C(=O)Nc2ccc3c(n2)N(C(=O)Nc2ccccc2)CCO3)c1.Nc1ccc2c(n1)N(C(=O)Nc1ccccc1)CCO2.O=C(Nc1ccccc1)N1CCOc2ccc([N+](=O)[O-])nc21.O=C1COc2ccc([N+](=O)[O-])nc2N1.O=C1COc2cccnc2N1.O=[N+]([O-])c1ccc2c(n1)NCCO2. The first-order chi connectivity index (χ1) is 54.2. The minimum absolute atomic E-state index is 0. The van der Waals surface area contributed by atoms with Crippen LogP contribution in [0.25, 0.3) is 0 Å². The number of pyridine rings is 6. The van der Waals surface area contributed by atoms with E-state index in [0.717, 1.165) is 5.69 Å². The summed E-state index contributed by atoms with van der Waals surface area (Å²) in [6.45, 7) is 3.23. The minimum Gasteiger partial charge on any atom is -0.488 e. The fourth-order valence-electron chi connectivity index (χ4n) is 10.4. The number of carbonyl (C=O) groups excluding carboxylic acids is 7. The van der Waals surface area contributed by atoms with E-state index in [9.17, 15) is 63.9 Å². The predicted octanol–water partition coefficient (Wildman–Crippen LogP) is 11.5. The monoisotopic (exact) mass is 1580 g/mol. The number of ether oxygens (including phenoxy) is 7. The quantitative estimate of drug-likeness (QED) is 0.0378. The number of nitrogen functional groups attached to an aromatic ring is 1. The number of anilines is 11. The lowest BCUT2D eigenvalue weighted by molar-refractivity contribution is -0.389. The van der Waals surface area contributed by atoms with Crippen molar-refractivity contribution in [3.05, 3.63) is 236 Å². The van der Waals surface area contributed by atoms with Gasteiger partial charge in [0.2, 0.25) is 0 Å². The second-order valence-corrected chi connectivity index (χ2v) is 23.1. The lowest BCUT2D eigenvalue weighted by atomic mass is 10.1. The van der Waals surface area contributed by atoms with E-state index in [1.54, 1.807) is 103 Å². The highest BCUT2D eigenvalue weighted by molar-refractivity contribution is 6.07. The number of nitrogens with two attached hydrogens (primary N) is 1. The van der Waals surface area contributed by atoms with Crippen LogP contribution in [0.3, 0.4) is 0 Å². The highest BCUT2D eigenvalue weighted by atomic mass is 16.6. The molecule has 9 amide bonds. The number of fused-ring (bicyclic) bond motifs is 6. The molecule has 40 heteroatoms. The molecule has 9 N–H and O–H groups in total. The molecule has 6 aromatic heterocycles. The number of nitrogens with zero attached hydrogens (tertiary/aromatic N) is 12. The first kappa shape index (κ1) is 84.7. The number of hydrogen-bond donors (Lipinski definition) is 8. The molecule has 12 heterocycles. The van der Waals surface area contributed by atoms with Crippen molar-refractivity contribution < 1.29 is 81.5 Å². The Hall–Kier alpha value is -15.9. The molecule has 0 bridgehead atoms. The predicted molar refractivity (Wildman–Crippen MR) is 423 cm³/mol. The minimum atomic E-state index is -0.638. The molecule has 6 aliphatic heterocycles. The highest BCUT2D eigenvalue weighted by Crippen LogP contribution is 2.36. The van der Waals surface area contributed by atoms with Crippen molar-refractivity contribution in [1.82, 2.24) is 29.9 Å². The van der Waals surface area contributed by atoms with Crippen molar-refractivity contribution in [2.45, 2.75) is 22.3 Å². The maximum absolute atomic E-state index is 12.8. The van der Waals surface area contributed by atoms with Gasteiger partial charge in [-0.05, 0) is 139 Å². The maximum Gasteiger partial charge on any atom is 0.366 e. The Morgan fingerprint density at radius 3 is 1.37 bits per heavy atom. The molecule has 0 atom stereocenters. The highest BCUT2D eigenvalue weighted by Gasteiger charge is 2.33. The number of aromatic nitrogens is 6. The largest absolute Gasteiger partial charge is 0.488 e. The van der Waals surface area contributed by atoms with E-state index >= 15 is 0 Å². The summed E-state index contributed by atoms with van der Waals surface area (Å²) in [6.07, 6.45) is 1.60. The molecule has 0 aliphatic carbocycles.